The summed E-state index contributed by atoms with van der Waals surface area (Å²) >= 11 is 0. The smallest absolute Gasteiger partial charge is 0.297 e. The molecule has 1 aromatic carbocycles. The van der Waals surface area contributed by atoms with Gasteiger partial charge in [0.15, 0.2) is 12.6 Å². The minimum Gasteiger partial charge on any atom is -0.297 e. The largest absolute Gasteiger partial charge is 0.312 e. The molecule has 0 radical (unpaired) electrons. The Morgan fingerprint density at radius 2 is 1.17 bits per heavy atom. The van der Waals surface area contributed by atoms with E-state index in [0.29, 0.717) is 0 Å². The highest BCUT2D eigenvalue weighted by molar-refractivity contribution is 5.68. The number of rotatable bonds is 4. The van der Waals surface area contributed by atoms with Crippen molar-refractivity contribution in [1.29, 1.82) is 0 Å². The molecule has 0 bridgehead atoms. The van der Waals surface area contributed by atoms with Gasteiger partial charge in [0.2, 0.25) is 0 Å². The Kier molecular flexibility index (Phi) is 3.18. The standard InChI is InChI=1S/C12H8F4N6O2/c13-9(5-23)11(15,19-21-17-9)7-3-1-2-4-8(7)12(16)10(14,6-24)18-22-20-12/h1-6H,(H,17,19)(H,18,20). The van der Waals surface area contributed by atoms with Crippen LogP contribution in [0.2, 0.25) is 0 Å². The number of benzene rings is 1. The average molecular weight is 344 g/mol. The lowest BCUT2D eigenvalue weighted by molar-refractivity contribution is -0.133. The van der Waals surface area contributed by atoms with Crippen LogP contribution in [-0.2, 0) is 21.2 Å². The Labute approximate surface area is 131 Å². The molecular weight excluding hydrogens is 336 g/mol. The summed E-state index contributed by atoms with van der Waals surface area (Å²) in [4.78, 5) is 21.9. The first-order valence-electron chi connectivity index (χ1n) is 6.43. The second-order valence-corrected chi connectivity index (χ2v) is 5.07. The number of carbonyl (C=O) groups excluding carboxylic acids is 2. The van der Waals surface area contributed by atoms with Crippen molar-refractivity contribution < 1.29 is 27.2 Å². The normalized spacial score (nSPS) is 40.2. The van der Waals surface area contributed by atoms with E-state index in [4.69, 9.17) is 0 Å². The molecule has 0 aromatic heterocycles. The van der Waals surface area contributed by atoms with E-state index in [1.807, 2.05) is 0 Å². The van der Waals surface area contributed by atoms with Crippen LogP contribution in [0.5, 0.6) is 0 Å². The van der Waals surface area contributed by atoms with Gasteiger partial charge in [0.05, 0.1) is 0 Å². The quantitative estimate of drug-likeness (QED) is 0.491. The van der Waals surface area contributed by atoms with Crippen molar-refractivity contribution in [1.82, 2.24) is 10.9 Å². The molecule has 2 aliphatic rings. The van der Waals surface area contributed by atoms with E-state index in [-0.39, 0.29) is 0 Å². The van der Waals surface area contributed by atoms with E-state index in [1.165, 1.54) is 23.0 Å². The molecule has 4 atom stereocenters. The first-order valence-corrected chi connectivity index (χ1v) is 6.43. The molecule has 0 spiro atoms. The predicted molar refractivity (Wildman–Crippen MR) is 67.8 cm³/mol. The Bertz CT molecular complexity index is 715. The van der Waals surface area contributed by atoms with Crippen LogP contribution in [-0.4, -0.2) is 24.2 Å². The third kappa shape index (κ3) is 1.73. The molecule has 2 N–H and O–H groups in total. The van der Waals surface area contributed by atoms with Gasteiger partial charge in [-0.1, -0.05) is 34.7 Å². The van der Waals surface area contributed by atoms with Gasteiger partial charge < -0.3 is 0 Å². The van der Waals surface area contributed by atoms with Crippen molar-refractivity contribution in [3.05, 3.63) is 35.4 Å². The number of hydrogen-bond acceptors (Lipinski definition) is 8. The summed E-state index contributed by atoms with van der Waals surface area (Å²) in [7, 11) is 0. The van der Waals surface area contributed by atoms with Crippen LogP contribution < -0.4 is 10.9 Å². The van der Waals surface area contributed by atoms with E-state index < -0.39 is 46.9 Å². The number of carbonyl (C=O) groups is 2. The van der Waals surface area contributed by atoms with E-state index >= 15 is 8.78 Å². The average Bonchev–Trinajstić information content (AvgIpc) is 3.07. The molecule has 126 valence electrons. The fourth-order valence-electron chi connectivity index (χ4n) is 2.40. The van der Waals surface area contributed by atoms with Gasteiger partial charge in [0, 0.05) is 11.1 Å². The molecule has 4 unspecified atom stereocenters. The van der Waals surface area contributed by atoms with E-state index in [1.54, 1.807) is 0 Å². The van der Waals surface area contributed by atoms with Gasteiger partial charge in [-0.05, 0) is 0 Å². The summed E-state index contributed by atoms with van der Waals surface area (Å²) in [6.45, 7) is 0. The summed E-state index contributed by atoms with van der Waals surface area (Å²) < 4.78 is 59.2. The summed E-state index contributed by atoms with van der Waals surface area (Å²) in [5.41, 5.74) is 1.29. The van der Waals surface area contributed by atoms with Gasteiger partial charge in [-0.25, -0.2) is 28.4 Å². The predicted octanol–water partition coefficient (Wildman–Crippen LogP) is 1.60. The zero-order chi connectivity index (χ0) is 17.6. The second-order valence-electron chi connectivity index (χ2n) is 5.07. The SMILES string of the molecule is O=CC1(F)NN=NC1(F)c1ccccc1C1(F)N=NNC1(F)C=O. The van der Waals surface area contributed by atoms with Gasteiger partial charge in [-0.2, -0.15) is 0 Å². The molecule has 0 aliphatic carbocycles. The highest BCUT2D eigenvalue weighted by atomic mass is 19.2. The third-order valence-electron chi connectivity index (χ3n) is 3.73. The van der Waals surface area contributed by atoms with Crippen LogP contribution in [0.3, 0.4) is 0 Å². The molecule has 2 aliphatic heterocycles. The van der Waals surface area contributed by atoms with Crippen LogP contribution in [0.25, 0.3) is 0 Å². The third-order valence-corrected chi connectivity index (χ3v) is 3.73. The number of nitrogens with one attached hydrogen (secondary N) is 2. The zero-order valence-corrected chi connectivity index (χ0v) is 11.6. The summed E-state index contributed by atoms with van der Waals surface area (Å²) in [5, 5.41) is 11.8. The number of alkyl halides is 4. The Balaban J connectivity index is 2.24. The molecule has 0 fully saturated rings. The highest BCUT2D eigenvalue weighted by Gasteiger charge is 2.66. The van der Waals surface area contributed by atoms with E-state index in [2.05, 4.69) is 20.7 Å². The molecule has 12 heteroatoms. The molecule has 2 heterocycles. The van der Waals surface area contributed by atoms with Gasteiger partial charge >= 0.3 is 23.2 Å². The lowest BCUT2D eigenvalue weighted by Crippen LogP contribution is -2.54. The monoisotopic (exact) mass is 344 g/mol. The zero-order valence-electron chi connectivity index (χ0n) is 11.6. The van der Waals surface area contributed by atoms with Crippen molar-refractivity contribution in [2.24, 2.45) is 20.7 Å². The molecule has 0 amide bonds. The molecule has 0 saturated heterocycles. The maximum Gasteiger partial charge on any atom is 0.312 e. The van der Waals surface area contributed by atoms with E-state index in [0.717, 1.165) is 12.1 Å². The molecule has 24 heavy (non-hydrogen) atoms. The fraction of sp³-hybridized carbons (Fsp3) is 0.333. The lowest BCUT2D eigenvalue weighted by Gasteiger charge is -2.31. The molecule has 1 aromatic rings. The second kappa shape index (κ2) is 4.79. The van der Waals surface area contributed by atoms with Crippen LogP contribution >= 0.6 is 0 Å². The van der Waals surface area contributed by atoms with Crippen LogP contribution in [0, 0.1) is 0 Å². The van der Waals surface area contributed by atoms with Gasteiger partial charge in [-0.15, -0.1) is 10.2 Å². The number of halogens is 4. The fourth-order valence-corrected chi connectivity index (χ4v) is 2.40. The number of hydrogen-bond donors (Lipinski definition) is 2. The number of nitrogens with zero attached hydrogens (tertiary/aromatic N) is 4. The molecule has 8 nitrogen and oxygen atoms in total. The minimum atomic E-state index is -3.51. The van der Waals surface area contributed by atoms with Crippen molar-refractivity contribution in [3.8, 4) is 0 Å². The molecule has 3 rings (SSSR count). The van der Waals surface area contributed by atoms with Gasteiger partial charge in [0.25, 0.3) is 0 Å². The summed E-state index contributed by atoms with van der Waals surface area (Å²) in [6.07, 6.45) is -0.906. The lowest BCUT2D eigenvalue weighted by atomic mass is 9.85. The van der Waals surface area contributed by atoms with E-state index in [9.17, 15) is 18.4 Å². The molecular formula is C12H8F4N6O2. The summed E-state index contributed by atoms with van der Waals surface area (Å²) in [5.74, 6) is -13.9. The molecule has 0 saturated carbocycles. The minimum absolute atomic E-state index is 0.453. The Hall–Kier alpha value is -2.92. The number of aldehydes is 2. The van der Waals surface area contributed by atoms with Crippen molar-refractivity contribution in [2.75, 3.05) is 0 Å². The summed E-state index contributed by atoms with van der Waals surface area (Å²) in [6, 6.07) is 4.06. The first-order chi connectivity index (χ1) is 11.3. The van der Waals surface area contributed by atoms with Crippen LogP contribution in [0.4, 0.5) is 17.6 Å². The van der Waals surface area contributed by atoms with Crippen molar-refractivity contribution >= 4 is 12.6 Å². The van der Waals surface area contributed by atoms with Gasteiger partial charge in [-0.3, -0.25) is 9.59 Å². The topological polar surface area (TPSA) is 108 Å². The Morgan fingerprint density at radius 1 is 0.792 bits per heavy atom. The first kappa shape index (κ1) is 16.0. The van der Waals surface area contributed by atoms with Crippen molar-refractivity contribution in [3.63, 3.8) is 0 Å². The van der Waals surface area contributed by atoms with Crippen molar-refractivity contribution in [2.45, 2.75) is 23.2 Å². The maximum absolute atomic E-state index is 15.1. The van der Waals surface area contributed by atoms with Crippen LogP contribution in [0.1, 0.15) is 11.1 Å². The Morgan fingerprint density at radius 3 is 1.50 bits per heavy atom. The van der Waals surface area contributed by atoms with Crippen LogP contribution in [0.15, 0.2) is 44.9 Å². The maximum atomic E-state index is 15.1. The highest BCUT2D eigenvalue weighted by Crippen LogP contribution is 2.50. The van der Waals surface area contributed by atoms with Gasteiger partial charge in [0.1, 0.15) is 0 Å².